The van der Waals surface area contributed by atoms with E-state index in [1.807, 2.05) is 24.3 Å². The molecule has 0 aliphatic rings. The summed E-state index contributed by atoms with van der Waals surface area (Å²) in [4.78, 5) is 3.97. The van der Waals surface area contributed by atoms with Crippen molar-refractivity contribution in [3.05, 3.63) is 42.7 Å². The van der Waals surface area contributed by atoms with Gasteiger partial charge in [-0.15, -0.1) is 0 Å². The molecule has 3 nitrogen and oxygen atoms in total. The maximum atomic E-state index is 5.78. The van der Waals surface area contributed by atoms with Crippen LogP contribution in [0.4, 0.5) is 5.69 Å². The van der Waals surface area contributed by atoms with Gasteiger partial charge in [-0.2, -0.15) is 0 Å². The first-order valence-electron chi connectivity index (χ1n) is 4.64. The third kappa shape index (κ3) is 2.07. The molecule has 0 radical (unpaired) electrons. The molecule has 76 valence electrons. The van der Waals surface area contributed by atoms with Crippen molar-refractivity contribution in [1.82, 2.24) is 4.98 Å². The molecule has 1 heterocycles. The summed E-state index contributed by atoms with van der Waals surface area (Å²) >= 11 is 0. The van der Waals surface area contributed by atoms with E-state index in [0.717, 1.165) is 16.9 Å². The first-order chi connectivity index (χ1) is 7.29. The lowest BCUT2D eigenvalue weighted by Gasteiger charge is -2.06. The molecule has 2 N–H and O–H groups in total. The third-order valence-corrected chi connectivity index (χ3v) is 2.18. The van der Waals surface area contributed by atoms with E-state index in [9.17, 15) is 0 Å². The molecule has 0 saturated heterocycles. The zero-order chi connectivity index (χ0) is 10.7. The number of rotatable bonds is 2. The van der Waals surface area contributed by atoms with Crippen LogP contribution in [0, 0.1) is 0 Å². The quantitative estimate of drug-likeness (QED) is 0.757. The van der Waals surface area contributed by atoms with Crippen LogP contribution < -0.4 is 10.5 Å². The average molecular weight is 200 g/mol. The van der Waals surface area contributed by atoms with Gasteiger partial charge in [0.15, 0.2) is 0 Å². The summed E-state index contributed by atoms with van der Waals surface area (Å²) in [5.41, 5.74) is 8.59. The number of methoxy groups -OCH3 is 1. The van der Waals surface area contributed by atoms with E-state index in [1.54, 1.807) is 25.6 Å². The van der Waals surface area contributed by atoms with E-state index >= 15 is 0 Å². The molecule has 0 amide bonds. The predicted octanol–water partition coefficient (Wildman–Crippen LogP) is 2.34. The van der Waals surface area contributed by atoms with Crippen molar-refractivity contribution in [2.75, 3.05) is 12.8 Å². The summed E-state index contributed by atoms with van der Waals surface area (Å²) < 4.78 is 5.16. The summed E-state index contributed by atoms with van der Waals surface area (Å²) in [7, 11) is 1.63. The lowest BCUT2D eigenvalue weighted by Crippen LogP contribution is -1.90. The molecule has 2 aromatic rings. The highest BCUT2D eigenvalue weighted by Gasteiger charge is 2.01. The van der Waals surface area contributed by atoms with Gasteiger partial charge >= 0.3 is 0 Å². The number of hydrogen-bond acceptors (Lipinski definition) is 3. The molecule has 0 atom stereocenters. The van der Waals surface area contributed by atoms with Crippen LogP contribution in [0.25, 0.3) is 11.1 Å². The van der Waals surface area contributed by atoms with Crippen molar-refractivity contribution in [3.63, 3.8) is 0 Å². The molecule has 15 heavy (non-hydrogen) atoms. The Kier molecular flexibility index (Phi) is 2.54. The van der Waals surface area contributed by atoms with E-state index in [0.29, 0.717) is 5.69 Å². The minimum Gasteiger partial charge on any atom is -0.497 e. The van der Waals surface area contributed by atoms with Crippen molar-refractivity contribution in [2.24, 2.45) is 0 Å². The molecule has 0 fully saturated rings. The van der Waals surface area contributed by atoms with Gasteiger partial charge in [0.2, 0.25) is 0 Å². The van der Waals surface area contributed by atoms with Crippen molar-refractivity contribution >= 4 is 5.69 Å². The van der Waals surface area contributed by atoms with E-state index in [2.05, 4.69) is 4.98 Å². The van der Waals surface area contributed by atoms with Gasteiger partial charge in [0, 0.05) is 24.1 Å². The molecule has 0 aliphatic heterocycles. The van der Waals surface area contributed by atoms with Crippen LogP contribution >= 0.6 is 0 Å². The Morgan fingerprint density at radius 3 is 2.47 bits per heavy atom. The van der Waals surface area contributed by atoms with Gasteiger partial charge in [-0.05, 0) is 35.4 Å². The Morgan fingerprint density at radius 1 is 1.07 bits per heavy atom. The Balaban J connectivity index is 2.49. The Labute approximate surface area is 88.5 Å². The second kappa shape index (κ2) is 4.00. The van der Waals surface area contributed by atoms with Gasteiger partial charge in [-0.25, -0.2) is 0 Å². The van der Waals surface area contributed by atoms with Crippen LogP contribution in [0.3, 0.4) is 0 Å². The predicted molar refractivity (Wildman–Crippen MR) is 60.6 cm³/mol. The van der Waals surface area contributed by atoms with Gasteiger partial charge < -0.3 is 10.5 Å². The highest BCUT2D eigenvalue weighted by Crippen LogP contribution is 2.26. The van der Waals surface area contributed by atoms with Crippen LogP contribution in [-0.4, -0.2) is 12.1 Å². The lowest BCUT2D eigenvalue weighted by molar-refractivity contribution is 0.415. The van der Waals surface area contributed by atoms with Gasteiger partial charge in [0.25, 0.3) is 0 Å². The maximum absolute atomic E-state index is 5.78. The summed E-state index contributed by atoms with van der Waals surface area (Å²) in [6.07, 6.45) is 3.51. The molecular formula is C12H12N2O. The van der Waals surface area contributed by atoms with Crippen LogP contribution in [0.5, 0.6) is 5.75 Å². The number of ether oxygens (including phenoxy) is 1. The topological polar surface area (TPSA) is 48.1 Å². The fourth-order valence-electron chi connectivity index (χ4n) is 1.45. The number of aromatic nitrogens is 1. The molecule has 1 aromatic heterocycles. The van der Waals surface area contributed by atoms with Crippen molar-refractivity contribution in [3.8, 4) is 16.9 Å². The standard InChI is InChI=1S/C12H12N2O/c1-15-12-7-10(6-11(13)8-12)9-2-4-14-5-3-9/h2-8H,13H2,1H3. The van der Waals surface area contributed by atoms with Gasteiger partial charge in [-0.1, -0.05) is 0 Å². The number of nitrogens with two attached hydrogens (primary N) is 1. The molecule has 0 aliphatic carbocycles. The molecule has 1 aromatic carbocycles. The number of hydrogen-bond donors (Lipinski definition) is 1. The van der Waals surface area contributed by atoms with Gasteiger partial charge in [0.1, 0.15) is 5.75 Å². The zero-order valence-electron chi connectivity index (χ0n) is 8.47. The van der Waals surface area contributed by atoms with Gasteiger partial charge in [0.05, 0.1) is 7.11 Å². The number of nitrogens with zero attached hydrogens (tertiary/aromatic N) is 1. The second-order valence-electron chi connectivity index (χ2n) is 3.23. The van der Waals surface area contributed by atoms with Crippen molar-refractivity contribution in [1.29, 1.82) is 0 Å². The molecule has 0 spiro atoms. The minimum atomic E-state index is 0.696. The molecule has 0 unspecified atom stereocenters. The fourth-order valence-corrected chi connectivity index (χ4v) is 1.45. The SMILES string of the molecule is COc1cc(N)cc(-c2ccncc2)c1. The summed E-state index contributed by atoms with van der Waals surface area (Å²) in [6, 6.07) is 9.54. The summed E-state index contributed by atoms with van der Waals surface area (Å²) in [5, 5.41) is 0. The van der Waals surface area contributed by atoms with Gasteiger partial charge in [-0.3, -0.25) is 4.98 Å². The zero-order valence-corrected chi connectivity index (χ0v) is 8.47. The monoisotopic (exact) mass is 200 g/mol. The van der Waals surface area contributed by atoms with Crippen LogP contribution in [0.2, 0.25) is 0 Å². The van der Waals surface area contributed by atoms with Crippen LogP contribution in [0.1, 0.15) is 0 Å². The smallest absolute Gasteiger partial charge is 0.121 e. The maximum Gasteiger partial charge on any atom is 0.121 e. The largest absolute Gasteiger partial charge is 0.497 e. The average Bonchev–Trinajstić information content (AvgIpc) is 2.29. The molecular weight excluding hydrogens is 188 g/mol. The number of nitrogen functional groups attached to an aromatic ring is 1. The third-order valence-electron chi connectivity index (χ3n) is 2.18. The van der Waals surface area contributed by atoms with E-state index < -0.39 is 0 Å². The molecule has 0 saturated carbocycles. The Hall–Kier alpha value is -2.03. The summed E-state index contributed by atoms with van der Waals surface area (Å²) in [5.74, 6) is 0.766. The van der Waals surface area contributed by atoms with E-state index in [-0.39, 0.29) is 0 Å². The number of pyridine rings is 1. The van der Waals surface area contributed by atoms with Crippen LogP contribution in [-0.2, 0) is 0 Å². The Morgan fingerprint density at radius 2 is 1.80 bits per heavy atom. The van der Waals surface area contributed by atoms with E-state index in [1.165, 1.54) is 0 Å². The second-order valence-corrected chi connectivity index (χ2v) is 3.23. The first-order valence-corrected chi connectivity index (χ1v) is 4.64. The van der Waals surface area contributed by atoms with Crippen molar-refractivity contribution < 1.29 is 4.74 Å². The number of benzene rings is 1. The number of anilines is 1. The first kappa shape index (κ1) is 9.52. The fraction of sp³-hybridized carbons (Fsp3) is 0.0833. The highest BCUT2D eigenvalue weighted by molar-refractivity contribution is 5.69. The lowest BCUT2D eigenvalue weighted by atomic mass is 10.1. The molecule has 2 rings (SSSR count). The van der Waals surface area contributed by atoms with Crippen molar-refractivity contribution in [2.45, 2.75) is 0 Å². The normalized spacial score (nSPS) is 9.93. The highest BCUT2D eigenvalue weighted by atomic mass is 16.5. The summed E-state index contributed by atoms with van der Waals surface area (Å²) in [6.45, 7) is 0. The molecule has 0 bridgehead atoms. The Bertz CT molecular complexity index is 454. The van der Waals surface area contributed by atoms with Crippen LogP contribution in [0.15, 0.2) is 42.7 Å². The molecule has 3 heteroatoms. The minimum absolute atomic E-state index is 0.696. The van der Waals surface area contributed by atoms with E-state index in [4.69, 9.17) is 10.5 Å².